The molecule has 1 aliphatic heterocycles. The zero-order chi connectivity index (χ0) is 22.5. The van der Waals surface area contributed by atoms with Crippen LogP contribution in [-0.4, -0.2) is 54.3 Å². The Morgan fingerprint density at radius 2 is 1.81 bits per heavy atom. The Morgan fingerprint density at radius 3 is 2.47 bits per heavy atom. The summed E-state index contributed by atoms with van der Waals surface area (Å²) in [5, 5.41) is 2.83. The predicted molar refractivity (Wildman–Crippen MR) is 116 cm³/mol. The van der Waals surface area contributed by atoms with Gasteiger partial charge in [-0.05, 0) is 67.8 Å². The molecule has 0 unspecified atom stereocenters. The van der Waals surface area contributed by atoms with Crippen molar-refractivity contribution >= 4 is 11.8 Å². The smallest absolute Gasteiger partial charge is 0.237 e. The molecule has 1 atom stereocenters. The summed E-state index contributed by atoms with van der Waals surface area (Å²) in [4.78, 5) is 29.4. The summed E-state index contributed by atoms with van der Waals surface area (Å²) in [7, 11) is 1.86. The Balaban J connectivity index is 1.25. The minimum atomic E-state index is -0.896. The van der Waals surface area contributed by atoms with Crippen LogP contribution in [0.5, 0.6) is 0 Å². The third-order valence-corrected chi connectivity index (χ3v) is 8.38. The average Bonchev–Trinajstić information content (AvgIpc) is 2.72. The highest BCUT2D eigenvalue weighted by Gasteiger charge is 2.51. The molecule has 7 heteroatoms. The number of amides is 2. The van der Waals surface area contributed by atoms with Crippen LogP contribution in [0.15, 0.2) is 18.2 Å². The second-order valence-electron chi connectivity index (χ2n) is 10.9. The molecule has 1 N–H and O–H groups in total. The first-order chi connectivity index (χ1) is 15.3. The van der Waals surface area contributed by atoms with Gasteiger partial charge in [0.2, 0.25) is 11.8 Å². The van der Waals surface area contributed by atoms with E-state index in [0.29, 0.717) is 13.1 Å². The summed E-state index contributed by atoms with van der Waals surface area (Å²) in [6, 6.07) is 3.42. The molecule has 174 valence electrons. The van der Waals surface area contributed by atoms with Gasteiger partial charge in [0, 0.05) is 38.8 Å². The molecule has 5 nitrogen and oxygen atoms in total. The molecule has 1 saturated heterocycles. The number of carbonyl (C=O) groups excluding carboxylic acids is 2. The first-order valence-electron chi connectivity index (χ1n) is 12.0. The summed E-state index contributed by atoms with van der Waals surface area (Å²) in [6.07, 6.45) is 7.84. The van der Waals surface area contributed by atoms with Crippen molar-refractivity contribution in [3.8, 4) is 0 Å². The van der Waals surface area contributed by atoms with E-state index in [4.69, 9.17) is 0 Å². The molecule has 1 aromatic carbocycles. The van der Waals surface area contributed by atoms with E-state index in [0.717, 1.165) is 30.4 Å². The summed E-state index contributed by atoms with van der Waals surface area (Å²) in [6.45, 7) is 1.80. The van der Waals surface area contributed by atoms with E-state index in [1.165, 1.54) is 50.7 Å². The first-order valence-corrected chi connectivity index (χ1v) is 12.0. The Bertz CT molecular complexity index is 870. The van der Waals surface area contributed by atoms with Gasteiger partial charge in [0.25, 0.3) is 0 Å². The molecule has 4 saturated carbocycles. The first kappa shape index (κ1) is 21.8. The fourth-order valence-corrected chi connectivity index (χ4v) is 7.46. The van der Waals surface area contributed by atoms with E-state index in [1.54, 1.807) is 4.90 Å². The molecule has 4 aliphatic carbocycles. The van der Waals surface area contributed by atoms with Gasteiger partial charge in [0.1, 0.15) is 0 Å². The average molecular weight is 446 g/mol. The van der Waals surface area contributed by atoms with Gasteiger partial charge in [0.15, 0.2) is 11.6 Å². The lowest BCUT2D eigenvalue weighted by atomic mass is 9.49. The SMILES string of the molecule is CN(CC12CC3CC(CC(C3)C1)C2)C(=O)C[C@H]1C(=O)NCCN1Cc1cccc(F)c1F. The minimum Gasteiger partial charge on any atom is -0.353 e. The molecule has 0 spiro atoms. The van der Waals surface area contributed by atoms with Gasteiger partial charge in [-0.3, -0.25) is 14.5 Å². The fraction of sp³-hybridized carbons (Fsp3) is 0.680. The fourth-order valence-electron chi connectivity index (χ4n) is 7.46. The molecule has 0 aromatic heterocycles. The number of hydrogen-bond acceptors (Lipinski definition) is 3. The van der Waals surface area contributed by atoms with Gasteiger partial charge in [-0.15, -0.1) is 0 Å². The van der Waals surface area contributed by atoms with Crippen molar-refractivity contribution in [3.05, 3.63) is 35.4 Å². The van der Waals surface area contributed by atoms with Crippen molar-refractivity contribution < 1.29 is 18.4 Å². The Hall–Kier alpha value is -2.02. The maximum absolute atomic E-state index is 14.2. The van der Waals surface area contributed by atoms with Crippen LogP contribution in [0.1, 0.15) is 50.5 Å². The van der Waals surface area contributed by atoms with E-state index in [1.807, 2.05) is 11.9 Å². The molecule has 4 bridgehead atoms. The van der Waals surface area contributed by atoms with Crippen LogP contribution in [-0.2, 0) is 16.1 Å². The lowest BCUT2D eigenvalue weighted by Gasteiger charge is -2.57. The molecular formula is C25H33F2N3O2. The normalized spacial score (nSPS) is 33.9. The largest absolute Gasteiger partial charge is 0.353 e. The zero-order valence-electron chi connectivity index (χ0n) is 18.8. The third kappa shape index (κ3) is 4.16. The van der Waals surface area contributed by atoms with Crippen molar-refractivity contribution in [2.75, 3.05) is 26.7 Å². The Kier molecular flexibility index (Phi) is 5.72. The molecule has 32 heavy (non-hydrogen) atoms. The Morgan fingerprint density at radius 1 is 1.16 bits per heavy atom. The van der Waals surface area contributed by atoms with Crippen LogP contribution in [0.2, 0.25) is 0 Å². The summed E-state index contributed by atoms with van der Waals surface area (Å²) >= 11 is 0. The maximum atomic E-state index is 14.2. The van der Waals surface area contributed by atoms with Crippen LogP contribution in [0, 0.1) is 34.8 Å². The van der Waals surface area contributed by atoms with Crippen molar-refractivity contribution in [1.29, 1.82) is 0 Å². The molecular weight excluding hydrogens is 412 g/mol. The van der Waals surface area contributed by atoms with Gasteiger partial charge in [-0.2, -0.15) is 0 Å². The number of carbonyl (C=O) groups is 2. The molecule has 5 fully saturated rings. The van der Waals surface area contributed by atoms with E-state index >= 15 is 0 Å². The number of rotatable bonds is 6. The molecule has 1 aromatic rings. The highest BCUT2D eigenvalue weighted by molar-refractivity contribution is 5.88. The van der Waals surface area contributed by atoms with Crippen LogP contribution in [0.4, 0.5) is 8.78 Å². The minimum absolute atomic E-state index is 0.0486. The number of piperazine rings is 1. The van der Waals surface area contributed by atoms with E-state index < -0.39 is 17.7 Å². The molecule has 6 rings (SSSR count). The quantitative estimate of drug-likeness (QED) is 0.731. The number of hydrogen-bond donors (Lipinski definition) is 1. The third-order valence-electron chi connectivity index (χ3n) is 8.38. The molecule has 0 radical (unpaired) electrons. The van der Waals surface area contributed by atoms with Gasteiger partial charge < -0.3 is 10.2 Å². The lowest BCUT2D eigenvalue weighted by Crippen LogP contribution is -2.57. The van der Waals surface area contributed by atoms with Crippen LogP contribution in [0.25, 0.3) is 0 Å². The van der Waals surface area contributed by atoms with Crippen LogP contribution >= 0.6 is 0 Å². The second kappa shape index (κ2) is 8.40. The van der Waals surface area contributed by atoms with Crippen molar-refractivity contribution in [2.24, 2.45) is 23.2 Å². The van der Waals surface area contributed by atoms with Crippen molar-refractivity contribution in [2.45, 2.75) is 57.5 Å². The van der Waals surface area contributed by atoms with Crippen molar-refractivity contribution in [3.63, 3.8) is 0 Å². The summed E-state index contributed by atoms with van der Waals surface area (Å²) < 4.78 is 27.9. The van der Waals surface area contributed by atoms with Gasteiger partial charge in [0.05, 0.1) is 12.5 Å². The Labute approximate surface area is 188 Å². The number of benzene rings is 1. The number of nitrogens with one attached hydrogen (secondary N) is 1. The van der Waals surface area contributed by atoms with Crippen LogP contribution < -0.4 is 5.32 Å². The standard InChI is InChI=1S/C25H33F2N3O2/c1-29(15-25-11-16-7-17(12-25)9-18(8-16)13-25)22(31)10-21-24(32)28-5-6-30(21)14-19-3-2-4-20(26)23(19)27/h2-4,16-18,21H,5-15H2,1H3,(H,28,32)/t16?,17?,18?,21-,25?/m0/s1. The second-order valence-corrected chi connectivity index (χ2v) is 10.9. The highest BCUT2D eigenvalue weighted by atomic mass is 19.2. The zero-order valence-corrected chi connectivity index (χ0v) is 18.8. The monoisotopic (exact) mass is 445 g/mol. The van der Waals surface area contributed by atoms with Gasteiger partial charge in [-0.1, -0.05) is 12.1 Å². The van der Waals surface area contributed by atoms with E-state index in [9.17, 15) is 18.4 Å². The van der Waals surface area contributed by atoms with Crippen molar-refractivity contribution in [1.82, 2.24) is 15.1 Å². The summed E-state index contributed by atoms with van der Waals surface area (Å²) in [5.41, 5.74) is 0.456. The van der Waals surface area contributed by atoms with E-state index in [2.05, 4.69) is 5.32 Å². The highest BCUT2D eigenvalue weighted by Crippen LogP contribution is 2.60. The number of halogens is 2. The molecule has 2 amide bonds. The number of nitrogens with zero attached hydrogens (tertiary/aromatic N) is 2. The lowest BCUT2D eigenvalue weighted by molar-refractivity contribution is -0.141. The topological polar surface area (TPSA) is 52.7 Å². The van der Waals surface area contributed by atoms with Gasteiger partial charge >= 0.3 is 0 Å². The van der Waals surface area contributed by atoms with E-state index in [-0.39, 0.29) is 35.8 Å². The molecule has 1 heterocycles. The predicted octanol–water partition coefficient (Wildman–Crippen LogP) is 3.33. The maximum Gasteiger partial charge on any atom is 0.237 e. The van der Waals surface area contributed by atoms with Gasteiger partial charge in [-0.25, -0.2) is 8.78 Å². The van der Waals surface area contributed by atoms with Crippen LogP contribution in [0.3, 0.4) is 0 Å². The molecule has 5 aliphatic rings. The summed E-state index contributed by atoms with van der Waals surface area (Å²) in [5.74, 6) is 0.424.